The molecule has 1 aliphatic rings. The van der Waals surface area contributed by atoms with E-state index in [2.05, 4.69) is 20.4 Å². The zero-order valence-corrected chi connectivity index (χ0v) is 16.2. The van der Waals surface area contributed by atoms with E-state index in [0.29, 0.717) is 36.6 Å². The summed E-state index contributed by atoms with van der Waals surface area (Å²) in [7, 11) is 0. The Morgan fingerprint density at radius 1 is 1.30 bits per heavy atom. The summed E-state index contributed by atoms with van der Waals surface area (Å²) in [5, 5.41) is 29.0. The molecule has 1 aromatic carbocycles. The van der Waals surface area contributed by atoms with Gasteiger partial charge in [-0.05, 0) is 6.07 Å². The highest BCUT2D eigenvalue weighted by Crippen LogP contribution is 2.37. The van der Waals surface area contributed by atoms with Gasteiger partial charge in [-0.25, -0.2) is 0 Å². The highest BCUT2D eigenvalue weighted by atomic mass is 35.5. The number of aromatic hydroxyl groups is 2. The van der Waals surface area contributed by atoms with Crippen LogP contribution in [0.2, 0.25) is 5.02 Å². The topological polar surface area (TPSA) is 111 Å². The van der Waals surface area contributed by atoms with Crippen LogP contribution in [0.4, 0.5) is 0 Å². The van der Waals surface area contributed by atoms with Crippen molar-refractivity contribution < 1.29 is 19.7 Å². The lowest BCUT2D eigenvalue weighted by molar-refractivity contribution is 0.0383. The monoisotopic (exact) mass is 396 g/mol. The van der Waals surface area contributed by atoms with Crippen LogP contribution in [-0.2, 0) is 4.74 Å². The van der Waals surface area contributed by atoms with Crippen LogP contribution in [0.5, 0.6) is 11.5 Å². The van der Waals surface area contributed by atoms with Crippen LogP contribution in [-0.4, -0.2) is 70.6 Å². The quantitative estimate of drug-likeness (QED) is 0.616. The lowest BCUT2D eigenvalue weighted by Gasteiger charge is -2.26. The molecule has 0 spiro atoms. The molecule has 148 valence electrons. The fraction of sp³-hybridized carbons (Fsp3) is 0.444. The minimum absolute atomic E-state index is 0.0704. The number of amides is 1. The lowest BCUT2D eigenvalue weighted by atomic mass is 10.1. The number of nitrogens with zero attached hydrogens (tertiary/aromatic N) is 2. The Labute approximate surface area is 163 Å². The number of hydrogen-bond donors (Lipinski definition) is 4. The van der Waals surface area contributed by atoms with Gasteiger partial charge in [0, 0.05) is 37.8 Å². The number of benzene rings is 1. The SMILES string of the molecule is CC.O=C(NCCN1CCOCC1)c1cn[nH]c1-c1cc(Cl)c(O)cc1O. The number of rotatable bonds is 5. The van der Waals surface area contributed by atoms with E-state index in [1.807, 2.05) is 13.8 Å². The van der Waals surface area contributed by atoms with Crippen LogP contribution in [0.15, 0.2) is 18.3 Å². The number of nitrogens with one attached hydrogen (secondary N) is 2. The van der Waals surface area contributed by atoms with E-state index in [4.69, 9.17) is 16.3 Å². The Balaban J connectivity index is 0.00000126. The van der Waals surface area contributed by atoms with Crippen molar-refractivity contribution in [2.24, 2.45) is 0 Å². The predicted octanol–water partition coefficient (Wildman–Crippen LogP) is 2.23. The summed E-state index contributed by atoms with van der Waals surface area (Å²) in [6, 6.07) is 2.50. The number of phenolic OH excluding ortho intramolecular Hbond substituents is 2. The molecule has 0 aliphatic carbocycles. The average molecular weight is 397 g/mol. The van der Waals surface area contributed by atoms with Crippen molar-refractivity contribution in [1.82, 2.24) is 20.4 Å². The second-order valence-corrected chi connectivity index (χ2v) is 6.10. The van der Waals surface area contributed by atoms with Gasteiger partial charge in [0.05, 0.1) is 35.7 Å². The molecule has 0 unspecified atom stereocenters. The number of aromatic nitrogens is 2. The molecule has 1 aliphatic heterocycles. The fourth-order valence-corrected chi connectivity index (χ4v) is 2.83. The van der Waals surface area contributed by atoms with Gasteiger partial charge in [-0.3, -0.25) is 14.8 Å². The molecule has 1 aromatic heterocycles. The summed E-state index contributed by atoms with van der Waals surface area (Å²) in [5.41, 5.74) is 0.918. The molecule has 0 atom stereocenters. The summed E-state index contributed by atoms with van der Waals surface area (Å²) in [6.45, 7) is 8.35. The van der Waals surface area contributed by atoms with Crippen LogP contribution >= 0.6 is 11.6 Å². The fourth-order valence-electron chi connectivity index (χ4n) is 2.66. The maximum atomic E-state index is 12.4. The van der Waals surface area contributed by atoms with E-state index < -0.39 is 0 Å². The van der Waals surface area contributed by atoms with Gasteiger partial charge >= 0.3 is 0 Å². The molecule has 0 saturated carbocycles. The first-order valence-corrected chi connectivity index (χ1v) is 9.27. The number of H-pyrrole nitrogens is 1. The van der Waals surface area contributed by atoms with Crippen molar-refractivity contribution in [1.29, 1.82) is 0 Å². The van der Waals surface area contributed by atoms with Crippen molar-refractivity contribution in [2.75, 3.05) is 39.4 Å². The van der Waals surface area contributed by atoms with Gasteiger partial charge in [0.2, 0.25) is 0 Å². The number of carbonyl (C=O) groups is 1. The van der Waals surface area contributed by atoms with Gasteiger partial charge in [-0.2, -0.15) is 5.10 Å². The van der Waals surface area contributed by atoms with Gasteiger partial charge in [-0.1, -0.05) is 25.4 Å². The molecule has 27 heavy (non-hydrogen) atoms. The molecule has 3 rings (SSSR count). The van der Waals surface area contributed by atoms with Crippen molar-refractivity contribution in [3.63, 3.8) is 0 Å². The summed E-state index contributed by atoms with van der Waals surface area (Å²) in [6.07, 6.45) is 1.39. The van der Waals surface area contributed by atoms with Crippen LogP contribution < -0.4 is 5.32 Å². The van der Waals surface area contributed by atoms with E-state index in [0.717, 1.165) is 25.7 Å². The molecule has 9 heteroatoms. The predicted molar refractivity (Wildman–Crippen MR) is 103 cm³/mol. The highest BCUT2D eigenvalue weighted by Gasteiger charge is 2.19. The van der Waals surface area contributed by atoms with Crippen molar-refractivity contribution in [3.05, 3.63) is 28.9 Å². The van der Waals surface area contributed by atoms with E-state index >= 15 is 0 Å². The second-order valence-electron chi connectivity index (χ2n) is 5.69. The van der Waals surface area contributed by atoms with Crippen LogP contribution in [0.3, 0.4) is 0 Å². The van der Waals surface area contributed by atoms with Gasteiger partial charge in [0.25, 0.3) is 5.91 Å². The Bertz CT molecular complexity index is 760. The normalized spacial score (nSPS) is 14.3. The van der Waals surface area contributed by atoms with Crippen molar-refractivity contribution in [3.8, 4) is 22.8 Å². The molecule has 0 radical (unpaired) electrons. The number of hydrogen-bond acceptors (Lipinski definition) is 6. The molecule has 1 fully saturated rings. The molecule has 1 amide bonds. The Morgan fingerprint density at radius 3 is 2.70 bits per heavy atom. The molecule has 1 saturated heterocycles. The molecule has 2 aromatic rings. The largest absolute Gasteiger partial charge is 0.507 e. The van der Waals surface area contributed by atoms with Crippen molar-refractivity contribution in [2.45, 2.75) is 13.8 Å². The van der Waals surface area contributed by atoms with Gasteiger partial charge in [0.1, 0.15) is 11.5 Å². The summed E-state index contributed by atoms with van der Waals surface area (Å²) in [4.78, 5) is 14.6. The van der Waals surface area contributed by atoms with Crippen LogP contribution in [0.25, 0.3) is 11.3 Å². The van der Waals surface area contributed by atoms with Crippen LogP contribution in [0.1, 0.15) is 24.2 Å². The maximum Gasteiger partial charge on any atom is 0.255 e. The Morgan fingerprint density at radius 2 is 2.00 bits per heavy atom. The second kappa shape index (κ2) is 10.1. The number of aromatic amines is 1. The number of halogens is 1. The summed E-state index contributed by atoms with van der Waals surface area (Å²) < 4.78 is 5.29. The average Bonchev–Trinajstić information content (AvgIpc) is 3.17. The van der Waals surface area contributed by atoms with Crippen LogP contribution in [0, 0.1) is 0 Å². The smallest absolute Gasteiger partial charge is 0.255 e. The lowest BCUT2D eigenvalue weighted by Crippen LogP contribution is -2.41. The van der Waals surface area contributed by atoms with E-state index in [1.54, 1.807) is 0 Å². The summed E-state index contributed by atoms with van der Waals surface area (Å²) >= 11 is 5.89. The number of carbonyl (C=O) groups excluding carboxylic acids is 1. The highest BCUT2D eigenvalue weighted by molar-refractivity contribution is 6.32. The zero-order valence-electron chi connectivity index (χ0n) is 15.5. The molecular weight excluding hydrogens is 372 g/mol. The van der Waals surface area contributed by atoms with Crippen molar-refractivity contribution >= 4 is 17.5 Å². The first-order valence-electron chi connectivity index (χ1n) is 8.90. The van der Waals surface area contributed by atoms with Gasteiger partial charge in [-0.15, -0.1) is 0 Å². The Kier molecular flexibility index (Phi) is 7.90. The third-order valence-corrected chi connectivity index (χ3v) is 4.34. The Hall–Kier alpha value is -2.29. The van der Waals surface area contributed by atoms with Gasteiger partial charge in [0.15, 0.2) is 0 Å². The number of morpholine rings is 1. The van der Waals surface area contributed by atoms with Gasteiger partial charge < -0.3 is 20.3 Å². The van der Waals surface area contributed by atoms with E-state index in [9.17, 15) is 15.0 Å². The molecule has 4 N–H and O–H groups in total. The standard InChI is InChI=1S/C16H19ClN4O4.C2H6/c17-12-7-10(13(22)8-14(12)23)15-11(9-19-20-15)16(24)18-1-2-21-3-5-25-6-4-21;1-2/h7-9,22-23H,1-6H2,(H,18,24)(H,19,20);1-2H3. The third-order valence-electron chi connectivity index (χ3n) is 4.04. The first-order chi connectivity index (χ1) is 13.1. The molecule has 2 heterocycles. The minimum atomic E-state index is -0.305. The molecular formula is C18H25ClN4O4. The number of ether oxygens (including phenoxy) is 1. The number of phenols is 2. The molecule has 0 bridgehead atoms. The van der Waals surface area contributed by atoms with E-state index in [-0.39, 0.29) is 22.4 Å². The molecule has 8 nitrogen and oxygen atoms in total. The van der Waals surface area contributed by atoms with E-state index in [1.165, 1.54) is 12.3 Å². The third kappa shape index (κ3) is 5.35. The maximum absolute atomic E-state index is 12.4. The summed E-state index contributed by atoms with van der Waals surface area (Å²) in [5.74, 6) is -0.743. The zero-order chi connectivity index (χ0) is 19.8. The first kappa shape index (κ1) is 21.0. The minimum Gasteiger partial charge on any atom is -0.507 e.